The minimum absolute atomic E-state index is 0.321. The van der Waals surface area contributed by atoms with Crippen LogP contribution < -0.4 is 4.74 Å². The molecule has 0 N–H and O–H groups in total. The van der Waals surface area contributed by atoms with Crippen molar-refractivity contribution in [3.8, 4) is 28.0 Å². The molecule has 0 radical (unpaired) electrons. The molecule has 0 heterocycles. The first kappa shape index (κ1) is 19.9. The molecule has 0 atom stereocenters. The van der Waals surface area contributed by atoms with E-state index in [4.69, 9.17) is 0 Å². The molecule has 0 amide bonds. The first-order valence-corrected chi connectivity index (χ1v) is 9.11. The van der Waals surface area contributed by atoms with E-state index in [-0.39, 0.29) is 5.75 Å². The maximum absolute atomic E-state index is 14.6. The van der Waals surface area contributed by atoms with Gasteiger partial charge in [0.05, 0.1) is 0 Å². The molecule has 0 unspecified atom stereocenters. The Morgan fingerprint density at radius 3 is 1.96 bits per heavy atom. The molecule has 3 aromatic carbocycles. The van der Waals surface area contributed by atoms with E-state index in [1.54, 1.807) is 12.1 Å². The Morgan fingerprint density at radius 2 is 1.39 bits per heavy atom. The third kappa shape index (κ3) is 5.12. The average Bonchev–Trinajstić information content (AvgIpc) is 2.66. The van der Waals surface area contributed by atoms with Gasteiger partial charge in [-0.1, -0.05) is 61.9 Å². The molecule has 0 aliphatic rings. The van der Waals surface area contributed by atoms with Gasteiger partial charge in [0.15, 0.2) is 0 Å². The zero-order chi connectivity index (χ0) is 20.1. The zero-order valence-electron chi connectivity index (χ0n) is 15.4. The van der Waals surface area contributed by atoms with Crippen LogP contribution in [0.3, 0.4) is 0 Å². The number of unbranched alkanes of at least 4 members (excludes halogenated alkanes) is 1. The van der Waals surface area contributed by atoms with Crippen LogP contribution in [0, 0.1) is 5.82 Å². The van der Waals surface area contributed by atoms with Crippen molar-refractivity contribution in [2.75, 3.05) is 0 Å². The van der Waals surface area contributed by atoms with E-state index in [1.165, 1.54) is 35.9 Å². The van der Waals surface area contributed by atoms with Crippen LogP contribution in [0.2, 0.25) is 0 Å². The quantitative estimate of drug-likeness (QED) is 0.400. The van der Waals surface area contributed by atoms with E-state index in [2.05, 4.69) is 23.8 Å². The summed E-state index contributed by atoms with van der Waals surface area (Å²) in [6.45, 7) is 2.15. The van der Waals surface area contributed by atoms with Gasteiger partial charge >= 0.3 is 6.36 Å². The Hall–Kier alpha value is -2.82. The topological polar surface area (TPSA) is 9.23 Å². The lowest BCUT2D eigenvalue weighted by Crippen LogP contribution is -2.16. The number of hydrogen-bond acceptors (Lipinski definition) is 1. The standard InChI is InChI=1S/C23H20F4O/c1-2-3-4-16-5-7-17(8-6-16)19-11-14-21(22(24)15-19)18-9-12-20(13-10-18)28-23(25,26)27/h5-15H,2-4H2,1H3. The molecule has 0 saturated heterocycles. The van der Waals surface area contributed by atoms with Crippen LogP contribution >= 0.6 is 0 Å². The lowest BCUT2D eigenvalue weighted by atomic mass is 9.98. The number of benzene rings is 3. The summed E-state index contributed by atoms with van der Waals surface area (Å²) in [7, 11) is 0. The lowest BCUT2D eigenvalue weighted by Gasteiger charge is -2.10. The highest BCUT2D eigenvalue weighted by Gasteiger charge is 2.31. The zero-order valence-corrected chi connectivity index (χ0v) is 15.4. The summed E-state index contributed by atoms with van der Waals surface area (Å²) < 4.78 is 55.2. The normalized spacial score (nSPS) is 11.5. The minimum atomic E-state index is -4.75. The Labute approximate surface area is 161 Å². The molecule has 28 heavy (non-hydrogen) atoms. The van der Waals surface area contributed by atoms with Gasteiger partial charge in [-0.25, -0.2) is 4.39 Å². The molecule has 0 aliphatic carbocycles. The van der Waals surface area contributed by atoms with Crippen molar-refractivity contribution in [3.63, 3.8) is 0 Å². The molecular formula is C23H20F4O. The number of rotatable bonds is 6. The van der Waals surface area contributed by atoms with Crippen molar-refractivity contribution < 1.29 is 22.3 Å². The van der Waals surface area contributed by atoms with Gasteiger partial charge in [-0.15, -0.1) is 13.2 Å². The van der Waals surface area contributed by atoms with Gasteiger partial charge in [0.1, 0.15) is 11.6 Å². The minimum Gasteiger partial charge on any atom is -0.406 e. The maximum atomic E-state index is 14.6. The van der Waals surface area contributed by atoms with Crippen LogP contribution in [-0.4, -0.2) is 6.36 Å². The monoisotopic (exact) mass is 388 g/mol. The third-order valence-corrected chi connectivity index (χ3v) is 4.47. The van der Waals surface area contributed by atoms with Gasteiger partial charge in [-0.3, -0.25) is 0 Å². The first-order valence-electron chi connectivity index (χ1n) is 9.11. The summed E-state index contributed by atoms with van der Waals surface area (Å²) in [6, 6.07) is 18.1. The van der Waals surface area contributed by atoms with Gasteiger partial charge < -0.3 is 4.74 Å². The van der Waals surface area contributed by atoms with Crippen LogP contribution in [0.5, 0.6) is 5.75 Å². The fraction of sp³-hybridized carbons (Fsp3) is 0.217. The van der Waals surface area contributed by atoms with Crippen LogP contribution in [-0.2, 0) is 6.42 Å². The summed E-state index contributed by atoms with van der Waals surface area (Å²) in [5, 5.41) is 0. The van der Waals surface area contributed by atoms with Gasteiger partial charge in [0.2, 0.25) is 0 Å². The van der Waals surface area contributed by atoms with Crippen LogP contribution in [0.25, 0.3) is 22.3 Å². The fourth-order valence-electron chi connectivity index (χ4n) is 3.01. The van der Waals surface area contributed by atoms with E-state index in [0.29, 0.717) is 11.1 Å². The van der Waals surface area contributed by atoms with Crippen molar-refractivity contribution in [1.82, 2.24) is 0 Å². The second kappa shape index (κ2) is 8.46. The molecule has 0 saturated carbocycles. The molecule has 1 nitrogen and oxygen atoms in total. The molecule has 5 heteroatoms. The van der Waals surface area contributed by atoms with E-state index in [1.807, 2.05) is 12.1 Å². The summed E-state index contributed by atoms with van der Waals surface area (Å²) in [6.07, 6.45) is -1.45. The summed E-state index contributed by atoms with van der Waals surface area (Å²) >= 11 is 0. The number of hydrogen-bond donors (Lipinski definition) is 0. The average molecular weight is 388 g/mol. The van der Waals surface area contributed by atoms with Crippen molar-refractivity contribution >= 4 is 0 Å². The summed E-state index contributed by atoms with van der Waals surface area (Å²) in [5.41, 5.74) is 3.72. The predicted molar refractivity (Wildman–Crippen MR) is 103 cm³/mol. The van der Waals surface area contributed by atoms with Crippen molar-refractivity contribution in [2.24, 2.45) is 0 Å². The smallest absolute Gasteiger partial charge is 0.406 e. The highest BCUT2D eigenvalue weighted by Crippen LogP contribution is 2.30. The van der Waals surface area contributed by atoms with Gasteiger partial charge in [-0.05, 0) is 53.3 Å². The molecular weight excluding hydrogens is 368 g/mol. The number of alkyl halides is 3. The SMILES string of the molecule is CCCCc1ccc(-c2ccc(-c3ccc(OC(F)(F)F)cc3)c(F)c2)cc1. The molecule has 146 valence electrons. The number of halogens is 4. The second-order valence-electron chi connectivity index (χ2n) is 6.57. The molecule has 0 fully saturated rings. The van der Waals surface area contributed by atoms with E-state index >= 15 is 0 Å². The van der Waals surface area contributed by atoms with Crippen molar-refractivity contribution in [3.05, 3.63) is 78.1 Å². The Kier molecular flexibility index (Phi) is 6.02. The van der Waals surface area contributed by atoms with Crippen LogP contribution in [0.1, 0.15) is 25.3 Å². The van der Waals surface area contributed by atoms with Crippen molar-refractivity contribution in [1.29, 1.82) is 0 Å². The largest absolute Gasteiger partial charge is 0.573 e. The van der Waals surface area contributed by atoms with Crippen LogP contribution in [0.4, 0.5) is 17.6 Å². The van der Waals surface area contributed by atoms with E-state index < -0.39 is 12.2 Å². The van der Waals surface area contributed by atoms with Crippen LogP contribution in [0.15, 0.2) is 66.7 Å². The Balaban J connectivity index is 1.78. The molecule has 3 rings (SSSR count). The maximum Gasteiger partial charge on any atom is 0.573 e. The molecule has 0 spiro atoms. The highest BCUT2D eigenvalue weighted by molar-refractivity contribution is 5.71. The van der Waals surface area contributed by atoms with Gasteiger partial charge in [0, 0.05) is 5.56 Å². The predicted octanol–water partition coefficient (Wildman–Crippen LogP) is 7.40. The summed E-state index contributed by atoms with van der Waals surface area (Å²) in [5.74, 6) is -0.770. The third-order valence-electron chi connectivity index (χ3n) is 4.47. The number of ether oxygens (including phenoxy) is 1. The molecule has 0 aliphatic heterocycles. The Morgan fingerprint density at radius 1 is 0.786 bits per heavy atom. The summed E-state index contributed by atoms with van der Waals surface area (Å²) in [4.78, 5) is 0. The van der Waals surface area contributed by atoms with E-state index in [9.17, 15) is 17.6 Å². The van der Waals surface area contributed by atoms with E-state index in [0.717, 1.165) is 30.4 Å². The van der Waals surface area contributed by atoms with Gasteiger partial charge in [-0.2, -0.15) is 0 Å². The second-order valence-corrected chi connectivity index (χ2v) is 6.57. The highest BCUT2D eigenvalue weighted by atomic mass is 19.4. The molecule has 0 aromatic heterocycles. The van der Waals surface area contributed by atoms with Gasteiger partial charge in [0.25, 0.3) is 0 Å². The van der Waals surface area contributed by atoms with Crippen molar-refractivity contribution in [2.45, 2.75) is 32.5 Å². The number of aryl methyl sites for hydroxylation is 1. The fourth-order valence-corrected chi connectivity index (χ4v) is 3.01. The lowest BCUT2D eigenvalue weighted by molar-refractivity contribution is -0.274. The Bertz CT molecular complexity index is 913. The molecule has 0 bridgehead atoms. The first-order chi connectivity index (χ1) is 13.4. The molecule has 3 aromatic rings.